The Morgan fingerprint density at radius 2 is 2.16 bits per heavy atom. The molecule has 1 aliphatic rings. The van der Waals surface area contributed by atoms with Gasteiger partial charge in [0, 0.05) is 44.8 Å². The average molecular weight is 286 g/mol. The zero-order valence-electron chi connectivity index (χ0n) is 10.6. The first kappa shape index (κ1) is 14.2. The van der Waals surface area contributed by atoms with Crippen LogP contribution in [0.2, 0.25) is 5.02 Å². The van der Waals surface area contributed by atoms with Gasteiger partial charge in [-0.25, -0.2) is 4.39 Å². The smallest absolute Gasteiger partial charge is 0.251 e. The number of nitrogens with zero attached hydrogens (tertiary/aromatic N) is 1. The molecule has 0 unspecified atom stereocenters. The summed E-state index contributed by atoms with van der Waals surface area (Å²) < 4.78 is 13.2. The van der Waals surface area contributed by atoms with Crippen LogP contribution in [0, 0.1) is 5.82 Å². The van der Waals surface area contributed by atoms with Gasteiger partial charge < -0.3 is 10.6 Å². The highest BCUT2D eigenvalue weighted by Gasteiger charge is 2.11. The lowest BCUT2D eigenvalue weighted by Crippen LogP contribution is -2.46. The summed E-state index contributed by atoms with van der Waals surface area (Å²) in [7, 11) is 0. The molecule has 0 radical (unpaired) electrons. The second-order valence-corrected chi connectivity index (χ2v) is 4.88. The fraction of sp³-hybridized carbons (Fsp3) is 0.462. The second kappa shape index (κ2) is 6.84. The summed E-state index contributed by atoms with van der Waals surface area (Å²) in [5.41, 5.74) is 0.294. The lowest BCUT2D eigenvalue weighted by molar-refractivity contribution is 0.0947. The Hall–Kier alpha value is -1.17. The maximum absolute atomic E-state index is 13.2. The Labute approximate surface area is 116 Å². The quantitative estimate of drug-likeness (QED) is 0.871. The Morgan fingerprint density at radius 1 is 1.42 bits per heavy atom. The molecule has 104 valence electrons. The third-order valence-electron chi connectivity index (χ3n) is 3.10. The topological polar surface area (TPSA) is 44.4 Å². The van der Waals surface area contributed by atoms with Crippen molar-refractivity contribution in [3.05, 3.63) is 34.6 Å². The van der Waals surface area contributed by atoms with E-state index in [-0.39, 0.29) is 10.9 Å². The van der Waals surface area contributed by atoms with Crippen LogP contribution < -0.4 is 10.6 Å². The number of hydrogen-bond donors (Lipinski definition) is 2. The van der Waals surface area contributed by atoms with Crippen LogP contribution in [0.15, 0.2) is 18.2 Å². The van der Waals surface area contributed by atoms with Crippen molar-refractivity contribution < 1.29 is 9.18 Å². The van der Waals surface area contributed by atoms with E-state index in [1.165, 1.54) is 12.1 Å². The van der Waals surface area contributed by atoms with E-state index in [1.807, 2.05) is 0 Å². The minimum absolute atomic E-state index is 0.0253. The van der Waals surface area contributed by atoms with Crippen molar-refractivity contribution in [2.75, 3.05) is 39.3 Å². The van der Waals surface area contributed by atoms with Gasteiger partial charge in [-0.15, -0.1) is 0 Å². The molecule has 1 aliphatic heterocycles. The Balaban J connectivity index is 1.78. The Bertz CT molecular complexity index is 450. The van der Waals surface area contributed by atoms with Gasteiger partial charge in [0.25, 0.3) is 5.91 Å². The Kier molecular flexibility index (Phi) is 5.13. The zero-order valence-corrected chi connectivity index (χ0v) is 11.3. The van der Waals surface area contributed by atoms with E-state index in [9.17, 15) is 9.18 Å². The highest BCUT2D eigenvalue weighted by atomic mass is 35.5. The molecule has 1 aromatic carbocycles. The zero-order chi connectivity index (χ0) is 13.7. The van der Waals surface area contributed by atoms with Crippen molar-refractivity contribution in [1.82, 2.24) is 15.5 Å². The number of hydrogen-bond acceptors (Lipinski definition) is 3. The Morgan fingerprint density at radius 3 is 2.84 bits per heavy atom. The first-order valence-corrected chi connectivity index (χ1v) is 6.71. The van der Waals surface area contributed by atoms with E-state index in [2.05, 4.69) is 15.5 Å². The molecular weight excluding hydrogens is 269 g/mol. The molecule has 1 saturated heterocycles. The van der Waals surface area contributed by atoms with Crippen LogP contribution >= 0.6 is 11.6 Å². The standard InChI is InChI=1S/C13H17ClFN3O/c14-11-2-1-10(9-12(11)15)13(19)17-5-8-18-6-3-16-4-7-18/h1-2,9,16H,3-8H2,(H,17,19). The van der Waals surface area contributed by atoms with Crippen molar-refractivity contribution in [2.24, 2.45) is 0 Å². The molecule has 2 N–H and O–H groups in total. The van der Waals surface area contributed by atoms with Crippen molar-refractivity contribution in [3.63, 3.8) is 0 Å². The SMILES string of the molecule is O=C(NCCN1CCNCC1)c1ccc(Cl)c(F)c1. The lowest BCUT2D eigenvalue weighted by Gasteiger charge is -2.27. The van der Waals surface area contributed by atoms with Gasteiger partial charge in [0.05, 0.1) is 5.02 Å². The third-order valence-corrected chi connectivity index (χ3v) is 3.41. The van der Waals surface area contributed by atoms with E-state index in [1.54, 1.807) is 0 Å². The normalized spacial score (nSPS) is 16.3. The van der Waals surface area contributed by atoms with E-state index in [0.717, 1.165) is 38.8 Å². The van der Waals surface area contributed by atoms with Gasteiger partial charge in [-0.05, 0) is 18.2 Å². The van der Waals surface area contributed by atoms with Crippen molar-refractivity contribution in [3.8, 4) is 0 Å². The van der Waals surface area contributed by atoms with Crippen molar-refractivity contribution in [2.45, 2.75) is 0 Å². The highest BCUT2D eigenvalue weighted by molar-refractivity contribution is 6.30. The van der Waals surface area contributed by atoms with Crippen LogP contribution in [-0.2, 0) is 0 Å². The molecule has 1 amide bonds. The largest absolute Gasteiger partial charge is 0.351 e. The summed E-state index contributed by atoms with van der Waals surface area (Å²) in [6.07, 6.45) is 0. The first-order chi connectivity index (χ1) is 9.16. The minimum Gasteiger partial charge on any atom is -0.351 e. The molecular formula is C13H17ClFN3O. The van der Waals surface area contributed by atoms with Gasteiger partial charge in [0.15, 0.2) is 0 Å². The number of benzene rings is 1. The summed E-state index contributed by atoms with van der Waals surface area (Å²) in [5, 5.41) is 6.08. The summed E-state index contributed by atoms with van der Waals surface area (Å²) in [4.78, 5) is 14.1. The highest BCUT2D eigenvalue weighted by Crippen LogP contribution is 2.15. The van der Waals surface area contributed by atoms with Crippen molar-refractivity contribution >= 4 is 17.5 Å². The molecule has 0 atom stereocenters. The van der Waals surface area contributed by atoms with Gasteiger partial charge >= 0.3 is 0 Å². The van der Waals surface area contributed by atoms with E-state index in [0.29, 0.717) is 12.1 Å². The number of rotatable bonds is 4. The summed E-state index contributed by atoms with van der Waals surface area (Å²) in [6, 6.07) is 4.07. The van der Waals surface area contributed by atoms with Crippen LogP contribution in [0.5, 0.6) is 0 Å². The van der Waals surface area contributed by atoms with Crippen LogP contribution in [0.4, 0.5) is 4.39 Å². The molecule has 0 saturated carbocycles. The predicted octanol–water partition coefficient (Wildman–Crippen LogP) is 1.11. The third kappa shape index (κ3) is 4.16. The number of nitrogens with one attached hydrogen (secondary N) is 2. The van der Waals surface area contributed by atoms with Gasteiger partial charge in [0.1, 0.15) is 5.82 Å². The molecule has 0 aromatic heterocycles. The monoisotopic (exact) mass is 285 g/mol. The maximum Gasteiger partial charge on any atom is 0.251 e. The van der Waals surface area contributed by atoms with Gasteiger partial charge in [0.2, 0.25) is 0 Å². The van der Waals surface area contributed by atoms with E-state index < -0.39 is 5.82 Å². The molecule has 0 aliphatic carbocycles. The van der Waals surface area contributed by atoms with Crippen molar-refractivity contribution in [1.29, 1.82) is 0 Å². The van der Waals surface area contributed by atoms with Gasteiger partial charge in [-0.1, -0.05) is 11.6 Å². The molecule has 2 rings (SSSR count). The average Bonchev–Trinajstić information content (AvgIpc) is 2.43. The van der Waals surface area contributed by atoms with Crippen LogP contribution in [0.25, 0.3) is 0 Å². The molecule has 0 spiro atoms. The molecule has 4 nitrogen and oxygen atoms in total. The van der Waals surface area contributed by atoms with E-state index >= 15 is 0 Å². The number of halogens is 2. The molecule has 6 heteroatoms. The molecule has 1 heterocycles. The molecule has 1 aromatic rings. The summed E-state index contributed by atoms with van der Waals surface area (Å²) in [5.74, 6) is -0.845. The van der Waals surface area contributed by atoms with Crippen LogP contribution in [-0.4, -0.2) is 50.1 Å². The van der Waals surface area contributed by atoms with Crippen LogP contribution in [0.3, 0.4) is 0 Å². The number of piperazine rings is 1. The summed E-state index contributed by atoms with van der Waals surface area (Å²) in [6.45, 7) is 5.32. The van der Waals surface area contributed by atoms with Crippen LogP contribution in [0.1, 0.15) is 10.4 Å². The minimum atomic E-state index is -0.573. The fourth-order valence-electron chi connectivity index (χ4n) is 2.00. The fourth-order valence-corrected chi connectivity index (χ4v) is 2.12. The molecule has 1 fully saturated rings. The number of amides is 1. The predicted molar refractivity (Wildman–Crippen MR) is 73.1 cm³/mol. The first-order valence-electron chi connectivity index (χ1n) is 6.33. The summed E-state index contributed by atoms with van der Waals surface area (Å²) >= 11 is 5.57. The van der Waals surface area contributed by atoms with Gasteiger partial charge in [-0.2, -0.15) is 0 Å². The lowest BCUT2D eigenvalue weighted by atomic mass is 10.2. The van der Waals surface area contributed by atoms with E-state index in [4.69, 9.17) is 11.6 Å². The maximum atomic E-state index is 13.2. The number of carbonyl (C=O) groups excluding carboxylic acids is 1. The number of carbonyl (C=O) groups is 1. The van der Waals surface area contributed by atoms with Gasteiger partial charge in [-0.3, -0.25) is 9.69 Å². The second-order valence-electron chi connectivity index (χ2n) is 4.48. The molecule has 0 bridgehead atoms. The molecule has 19 heavy (non-hydrogen) atoms.